The predicted molar refractivity (Wildman–Crippen MR) is 50.7 cm³/mol. The summed E-state index contributed by atoms with van der Waals surface area (Å²) in [4.78, 5) is 10.8. The summed E-state index contributed by atoms with van der Waals surface area (Å²) in [6.07, 6.45) is 0. The van der Waals surface area contributed by atoms with Crippen LogP contribution in [-0.4, -0.2) is 10.3 Å². The molecule has 1 aromatic carbocycles. The van der Waals surface area contributed by atoms with Crippen LogP contribution in [0.15, 0.2) is 16.6 Å². The fourth-order valence-electron chi connectivity index (χ4n) is 0.885. The van der Waals surface area contributed by atoms with Crippen molar-refractivity contribution in [2.24, 2.45) is 0 Å². The zero-order chi connectivity index (χ0) is 9.30. The fourth-order valence-corrected chi connectivity index (χ4v) is 1.60. The molecule has 12 heavy (non-hydrogen) atoms. The first kappa shape index (κ1) is 9.55. The van der Waals surface area contributed by atoms with E-state index in [1.807, 2.05) is 0 Å². The number of hydrogen-bond donors (Lipinski definition) is 1. The quantitative estimate of drug-likeness (QED) is 0.777. The van der Waals surface area contributed by atoms with Crippen molar-refractivity contribution in [3.8, 4) is 5.75 Å². The molecule has 0 fully saturated rings. The highest BCUT2D eigenvalue weighted by atomic mass is 79.9. The zero-order valence-electron chi connectivity index (χ0n) is 6.27. The Balaban J connectivity index is 3.37. The van der Waals surface area contributed by atoms with E-state index >= 15 is 0 Å². The van der Waals surface area contributed by atoms with Crippen molar-refractivity contribution in [2.75, 3.05) is 0 Å². The topological polar surface area (TPSA) is 37.3 Å². The minimum Gasteiger partial charge on any atom is -0.507 e. The predicted octanol–water partition coefficient (Wildman–Crippen LogP) is 2.84. The number of phenolic OH excluding ortho intramolecular Hbond substituents is 1. The van der Waals surface area contributed by atoms with Crippen LogP contribution in [0.1, 0.15) is 15.9 Å². The van der Waals surface area contributed by atoms with Crippen molar-refractivity contribution in [2.45, 2.75) is 6.92 Å². The van der Waals surface area contributed by atoms with Crippen LogP contribution >= 0.6 is 27.5 Å². The normalized spacial score (nSPS) is 9.92. The smallest absolute Gasteiger partial charge is 0.256 e. The van der Waals surface area contributed by atoms with Crippen LogP contribution in [0.4, 0.5) is 0 Å². The molecular weight excluding hydrogens is 243 g/mol. The summed E-state index contributed by atoms with van der Waals surface area (Å²) in [5, 5.41) is 8.71. The molecule has 0 saturated carbocycles. The van der Waals surface area contributed by atoms with Gasteiger partial charge in [-0.15, -0.1) is 0 Å². The van der Waals surface area contributed by atoms with E-state index < -0.39 is 5.24 Å². The largest absolute Gasteiger partial charge is 0.507 e. The molecule has 1 aromatic rings. The molecule has 0 unspecified atom stereocenters. The van der Waals surface area contributed by atoms with E-state index in [2.05, 4.69) is 15.9 Å². The Labute approximate surface area is 83.3 Å². The molecule has 0 aliphatic heterocycles. The number of phenols is 1. The summed E-state index contributed by atoms with van der Waals surface area (Å²) in [6, 6.07) is 3.19. The van der Waals surface area contributed by atoms with Gasteiger partial charge in [-0.2, -0.15) is 0 Å². The van der Waals surface area contributed by atoms with Gasteiger partial charge in [0.25, 0.3) is 5.24 Å². The first-order valence-electron chi connectivity index (χ1n) is 3.21. The summed E-state index contributed by atoms with van der Waals surface area (Å²) in [6.45, 7) is 1.70. The van der Waals surface area contributed by atoms with Gasteiger partial charge in [-0.05, 0) is 36.2 Å². The summed E-state index contributed by atoms with van der Waals surface area (Å²) >= 11 is 8.43. The van der Waals surface area contributed by atoms with Crippen LogP contribution < -0.4 is 0 Å². The van der Waals surface area contributed by atoms with Crippen molar-refractivity contribution in [1.29, 1.82) is 0 Å². The molecule has 0 radical (unpaired) electrons. The highest BCUT2D eigenvalue weighted by Crippen LogP contribution is 2.27. The third-order valence-corrected chi connectivity index (χ3v) is 2.14. The highest BCUT2D eigenvalue weighted by molar-refractivity contribution is 9.10. The first-order valence-corrected chi connectivity index (χ1v) is 4.38. The number of aromatic hydroxyl groups is 1. The second-order valence-corrected chi connectivity index (χ2v) is 3.65. The Morgan fingerprint density at radius 2 is 2.17 bits per heavy atom. The van der Waals surface area contributed by atoms with E-state index in [9.17, 15) is 9.90 Å². The molecule has 0 atom stereocenters. The van der Waals surface area contributed by atoms with Crippen LogP contribution in [0.2, 0.25) is 0 Å². The number of aryl methyl sites for hydroxylation is 1. The maximum absolute atomic E-state index is 10.8. The van der Waals surface area contributed by atoms with Gasteiger partial charge in [-0.25, -0.2) is 0 Å². The standard InChI is InChI=1S/C8H6BrClO2/c1-4-2-5(9)3-6(7(4)11)8(10)12/h2-3,11H,1H3. The number of hydrogen-bond acceptors (Lipinski definition) is 2. The van der Waals surface area contributed by atoms with Crippen molar-refractivity contribution in [3.05, 3.63) is 27.7 Å². The van der Waals surface area contributed by atoms with Gasteiger partial charge in [0, 0.05) is 4.47 Å². The average Bonchev–Trinajstić information content (AvgIpc) is 1.96. The van der Waals surface area contributed by atoms with Gasteiger partial charge >= 0.3 is 0 Å². The molecule has 2 nitrogen and oxygen atoms in total. The van der Waals surface area contributed by atoms with E-state index in [1.165, 1.54) is 6.07 Å². The van der Waals surface area contributed by atoms with Crippen LogP contribution in [0.5, 0.6) is 5.75 Å². The Bertz CT molecular complexity index is 336. The lowest BCUT2D eigenvalue weighted by atomic mass is 10.1. The van der Waals surface area contributed by atoms with Crippen LogP contribution in [0, 0.1) is 6.92 Å². The van der Waals surface area contributed by atoms with E-state index in [1.54, 1.807) is 13.0 Å². The average molecular weight is 249 g/mol. The summed E-state index contributed by atoms with van der Waals surface area (Å²) in [7, 11) is 0. The lowest BCUT2D eigenvalue weighted by Gasteiger charge is -2.03. The Morgan fingerprint density at radius 3 is 2.67 bits per heavy atom. The molecule has 0 amide bonds. The summed E-state index contributed by atoms with van der Waals surface area (Å²) in [5.41, 5.74) is 0.747. The number of carbonyl (C=O) groups is 1. The first-order chi connectivity index (χ1) is 5.52. The van der Waals surface area contributed by atoms with Gasteiger partial charge in [0.15, 0.2) is 0 Å². The molecule has 64 valence electrons. The monoisotopic (exact) mass is 248 g/mol. The minimum atomic E-state index is -0.656. The maximum atomic E-state index is 10.8. The second-order valence-electron chi connectivity index (χ2n) is 2.39. The number of rotatable bonds is 1. The number of carbonyl (C=O) groups excluding carboxylic acids is 1. The molecule has 0 aromatic heterocycles. The van der Waals surface area contributed by atoms with Crippen molar-refractivity contribution in [1.82, 2.24) is 0 Å². The summed E-state index contributed by atoms with van der Waals surface area (Å²) in [5.74, 6) is -0.0572. The SMILES string of the molecule is Cc1cc(Br)cc(C(=O)Cl)c1O. The van der Waals surface area contributed by atoms with Gasteiger partial charge in [-0.3, -0.25) is 4.79 Å². The van der Waals surface area contributed by atoms with E-state index in [0.717, 1.165) is 4.47 Å². The third kappa shape index (κ3) is 1.79. The Hall–Kier alpha value is -0.540. The van der Waals surface area contributed by atoms with Crippen molar-refractivity contribution >= 4 is 32.8 Å². The molecule has 0 heterocycles. The third-order valence-electron chi connectivity index (χ3n) is 1.48. The molecule has 0 bridgehead atoms. The Kier molecular flexibility index (Phi) is 2.75. The van der Waals surface area contributed by atoms with E-state index in [4.69, 9.17) is 11.6 Å². The lowest BCUT2D eigenvalue weighted by Crippen LogP contribution is -1.91. The number of benzene rings is 1. The lowest BCUT2D eigenvalue weighted by molar-refractivity contribution is 0.107. The Morgan fingerprint density at radius 1 is 1.58 bits per heavy atom. The maximum Gasteiger partial charge on any atom is 0.256 e. The van der Waals surface area contributed by atoms with Crippen LogP contribution in [0.3, 0.4) is 0 Å². The van der Waals surface area contributed by atoms with Crippen LogP contribution in [0.25, 0.3) is 0 Å². The molecule has 0 saturated heterocycles. The van der Waals surface area contributed by atoms with Gasteiger partial charge in [-0.1, -0.05) is 15.9 Å². The molecule has 1 N–H and O–H groups in total. The van der Waals surface area contributed by atoms with Gasteiger partial charge < -0.3 is 5.11 Å². The highest BCUT2D eigenvalue weighted by Gasteiger charge is 2.11. The summed E-state index contributed by atoms with van der Waals surface area (Å²) < 4.78 is 0.724. The number of halogens is 2. The van der Waals surface area contributed by atoms with Gasteiger partial charge in [0.2, 0.25) is 0 Å². The molecule has 0 spiro atoms. The molecular formula is C8H6BrClO2. The minimum absolute atomic E-state index is 0.0572. The van der Waals surface area contributed by atoms with Crippen molar-refractivity contribution in [3.63, 3.8) is 0 Å². The fraction of sp³-hybridized carbons (Fsp3) is 0.125. The molecule has 0 aliphatic rings. The van der Waals surface area contributed by atoms with Crippen LogP contribution in [-0.2, 0) is 0 Å². The molecule has 4 heteroatoms. The van der Waals surface area contributed by atoms with Crippen molar-refractivity contribution < 1.29 is 9.90 Å². The second kappa shape index (κ2) is 3.46. The van der Waals surface area contributed by atoms with Gasteiger partial charge in [0.05, 0.1) is 5.56 Å². The van der Waals surface area contributed by atoms with E-state index in [-0.39, 0.29) is 11.3 Å². The van der Waals surface area contributed by atoms with Gasteiger partial charge in [0.1, 0.15) is 5.75 Å². The molecule has 0 aliphatic carbocycles. The van der Waals surface area contributed by atoms with E-state index in [0.29, 0.717) is 5.56 Å². The zero-order valence-corrected chi connectivity index (χ0v) is 8.61. The molecule has 1 rings (SSSR count).